The summed E-state index contributed by atoms with van der Waals surface area (Å²) in [5.74, 6) is -0.270. The average Bonchev–Trinajstić information content (AvgIpc) is 2.81. The highest BCUT2D eigenvalue weighted by atomic mass is 32.1. The van der Waals surface area contributed by atoms with Crippen molar-refractivity contribution in [3.05, 3.63) is 29.4 Å². The number of rotatable bonds is 1. The van der Waals surface area contributed by atoms with Crippen LogP contribution in [0, 0.1) is 5.82 Å². The lowest BCUT2D eigenvalue weighted by molar-refractivity contribution is 0.00578. The minimum Gasteiger partial charge on any atom is -0.399 e. The van der Waals surface area contributed by atoms with Gasteiger partial charge in [0.15, 0.2) is 0 Å². The minimum atomic E-state index is -0.646. The van der Waals surface area contributed by atoms with Gasteiger partial charge >= 0.3 is 7.12 Å². The number of halogens is 1. The zero-order valence-electron chi connectivity index (χ0n) is 11.5. The van der Waals surface area contributed by atoms with Crippen LogP contribution in [0.2, 0.25) is 0 Å². The standard InChI is InChI=1S/C14H16BFO2S/c1-13(2)14(3,4)18-15(17-13)11-10(16)6-5-9-7-8-19-12(9)11/h5-8H,1-4H3. The maximum atomic E-state index is 14.2. The fourth-order valence-electron chi connectivity index (χ4n) is 2.21. The summed E-state index contributed by atoms with van der Waals surface area (Å²) in [6.07, 6.45) is 0. The predicted octanol–water partition coefficient (Wildman–Crippen LogP) is 3.34. The van der Waals surface area contributed by atoms with Crippen molar-refractivity contribution in [2.45, 2.75) is 38.9 Å². The van der Waals surface area contributed by atoms with Crippen LogP contribution < -0.4 is 5.46 Å². The molecule has 1 fully saturated rings. The third-order valence-corrected chi connectivity index (χ3v) is 5.06. The molecular formula is C14H16BFO2S. The van der Waals surface area contributed by atoms with Gasteiger partial charge in [-0.1, -0.05) is 6.07 Å². The molecule has 1 aliphatic rings. The normalized spacial score (nSPS) is 21.2. The third-order valence-electron chi connectivity index (χ3n) is 4.10. The highest BCUT2D eigenvalue weighted by Crippen LogP contribution is 2.37. The van der Waals surface area contributed by atoms with Crippen molar-refractivity contribution in [1.29, 1.82) is 0 Å². The van der Waals surface area contributed by atoms with Gasteiger partial charge in [0.2, 0.25) is 0 Å². The van der Waals surface area contributed by atoms with Gasteiger partial charge < -0.3 is 9.31 Å². The average molecular weight is 278 g/mol. The summed E-state index contributed by atoms with van der Waals surface area (Å²) < 4.78 is 27.0. The lowest BCUT2D eigenvalue weighted by Gasteiger charge is -2.32. The van der Waals surface area contributed by atoms with Crippen LogP contribution in [0.1, 0.15) is 27.7 Å². The van der Waals surface area contributed by atoms with Crippen molar-refractivity contribution >= 4 is 34.0 Å². The lowest BCUT2D eigenvalue weighted by atomic mass is 9.78. The topological polar surface area (TPSA) is 18.5 Å². The second kappa shape index (κ2) is 4.04. The molecule has 0 bridgehead atoms. The van der Waals surface area contributed by atoms with Gasteiger partial charge in [0.25, 0.3) is 0 Å². The van der Waals surface area contributed by atoms with E-state index in [1.807, 2.05) is 39.1 Å². The van der Waals surface area contributed by atoms with Crippen molar-refractivity contribution in [3.63, 3.8) is 0 Å². The molecule has 0 unspecified atom stereocenters. The maximum absolute atomic E-state index is 14.2. The molecule has 2 aromatic rings. The van der Waals surface area contributed by atoms with E-state index in [-0.39, 0.29) is 5.82 Å². The van der Waals surface area contributed by atoms with E-state index in [1.54, 1.807) is 6.07 Å². The second-order valence-corrected chi connectivity index (χ2v) is 6.80. The summed E-state index contributed by atoms with van der Waals surface area (Å²) in [4.78, 5) is 0. The molecule has 0 N–H and O–H groups in total. The molecule has 0 saturated carbocycles. The molecule has 1 aromatic heterocycles. The van der Waals surface area contributed by atoms with E-state index in [4.69, 9.17) is 9.31 Å². The van der Waals surface area contributed by atoms with Crippen molar-refractivity contribution in [2.24, 2.45) is 0 Å². The molecule has 19 heavy (non-hydrogen) atoms. The van der Waals surface area contributed by atoms with E-state index < -0.39 is 18.3 Å². The zero-order valence-corrected chi connectivity index (χ0v) is 12.3. The molecule has 0 amide bonds. The van der Waals surface area contributed by atoms with E-state index in [1.165, 1.54) is 17.4 Å². The molecule has 1 aromatic carbocycles. The van der Waals surface area contributed by atoms with Crippen molar-refractivity contribution in [2.75, 3.05) is 0 Å². The van der Waals surface area contributed by atoms with E-state index in [2.05, 4.69) is 0 Å². The fraction of sp³-hybridized carbons (Fsp3) is 0.429. The van der Waals surface area contributed by atoms with Gasteiger partial charge in [-0.05, 0) is 50.6 Å². The van der Waals surface area contributed by atoms with Crippen LogP contribution in [0.3, 0.4) is 0 Å². The van der Waals surface area contributed by atoms with Gasteiger partial charge in [0, 0.05) is 10.2 Å². The Morgan fingerprint density at radius 3 is 2.32 bits per heavy atom. The Balaban J connectivity index is 2.12. The number of thiophene rings is 1. The van der Waals surface area contributed by atoms with E-state index in [0.29, 0.717) is 5.46 Å². The zero-order chi connectivity index (χ0) is 13.8. The molecule has 100 valence electrons. The maximum Gasteiger partial charge on any atom is 0.499 e. The minimum absolute atomic E-state index is 0.270. The second-order valence-electron chi connectivity index (χ2n) is 5.89. The number of fused-ring (bicyclic) bond motifs is 1. The highest BCUT2D eigenvalue weighted by molar-refractivity contribution is 7.18. The molecule has 1 saturated heterocycles. The van der Waals surface area contributed by atoms with Crippen LogP contribution in [0.25, 0.3) is 10.1 Å². The van der Waals surface area contributed by atoms with Gasteiger partial charge in [-0.15, -0.1) is 11.3 Å². The first-order chi connectivity index (χ1) is 8.82. The quantitative estimate of drug-likeness (QED) is 0.745. The first-order valence-corrected chi connectivity index (χ1v) is 7.21. The third kappa shape index (κ3) is 1.92. The summed E-state index contributed by atoms with van der Waals surface area (Å²) in [5, 5.41) is 2.98. The monoisotopic (exact) mass is 278 g/mol. The summed E-state index contributed by atoms with van der Waals surface area (Å²) in [6.45, 7) is 7.89. The largest absolute Gasteiger partial charge is 0.499 e. The van der Waals surface area contributed by atoms with Crippen LogP contribution in [0.15, 0.2) is 23.6 Å². The van der Waals surface area contributed by atoms with Crippen LogP contribution in [0.4, 0.5) is 4.39 Å². The highest BCUT2D eigenvalue weighted by Gasteiger charge is 2.52. The molecule has 0 spiro atoms. The molecule has 0 atom stereocenters. The molecule has 0 aliphatic carbocycles. The molecule has 5 heteroatoms. The predicted molar refractivity (Wildman–Crippen MR) is 77.5 cm³/mol. The Kier molecular flexibility index (Phi) is 2.79. The van der Waals surface area contributed by atoms with Crippen molar-refractivity contribution in [1.82, 2.24) is 0 Å². The Morgan fingerprint density at radius 2 is 1.68 bits per heavy atom. The van der Waals surface area contributed by atoms with Gasteiger partial charge in [-0.25, -0.2) is 4.39 Å². The Morgan fingerprint density at radius 1 is 1.05 bits per heavy atom. The smallest absolute Gasteiger partial charge is 0.399 e. The summed E-state index contributed by atoms with van der Waals surface area (Å²) in [5.41, 5.74) is -0.390. The Bertz CT molecular complexity index is 619. The molecule has 2 heterocycles. The van der Waals surface area contributed by atoms with Crippen LogP contribution >= 0.6 is 11.3 Å². The Hall–Kier alpha value is -0.905. The first-order valence-electron chi connectivity index (χ1n) is 6.33. The summed E-state index contributed by atoms with van der Waals surface area (Å²) >= 11 is 1.52. The van der Waals surface area contributed by atoms with E-state index >= 15 is 0 Å². The van der Waals surface area contributed by atoms with Gasteiger partial charge in [-0.2, -0.15) is 0 Å². The van der Waals surface area contributed by atoms with E-state index in [9.17, 15) is 4.39 Å². The van der Waals surface area contributed by atoms with Crippen LogP contribution in [-0.2, 0) is 9.31 Å². The Labute approximate surface area is 116 Å². The molecular weight excluding hydrogens is 262 g/mol. The van der Waals surface area contributed by atoms with Crippen molar-refractivity contribution in [3.8, 4) is 0 Å². The molecule has 2 nitrogen and oxygen atoms in total. The first kappa shape index (κ1) is 13.1. The number of hydrogen-bond donors (Lipinski definition) is 0. The van der Waals surface area contributed by atoms with Crippen LogP contribution in [0.5, 0.6) is 0 Å². The molecule has 0 radical (unpaired) electrons. The SMILES string of the molecule is CC1(C)OB(c2c(F)ccc3ccsc23)OC1(C)C. The number of benzene rings is 1. The molecule has 3 rings (SSSR count). The number of hydrogen-bond acceptors (Lipinski definition) is 3. The van der Waals surface area contributed by atoms with Crippen molar-refractivity contribution < 1.29 is 13.7 Å². The van der Waals surface area contributed by atoms with Crippen LogP contribution in [-0.4, -0.2) is 18.3 Å². The molecule has 1 aliphatic heterocycles. The van der Waals surface area contributed by atoms with Gasteiger partial charge in [-0.3, -0.25) is 0 Å². The van der Waals surface area contributed by atoms with E-state index in [0.717, 1.165) is 10.1 Å². The lowest BCUT2D eigenvalue weighted by Crippen LogP contribution is -2.41. The fourth-order valence-corrected chi connectivity index (χ4v) is 3.15. The van der Waals surface area contributed by atoms with Gasteiger partial charge in [0.05, 0.1) is 11.2 Å². The summed E-state index contributed by atoms with van der Waals surface area (Å²) in [6, 6.07) is 5.25. The van der Waals surface area contributed by atoms with Gasteiger partial charge in [0.1, 0.15) is 5.82 Å². The summed E-state index contributed by atoms with van der Waals surface area (Å²) in [7, 11) is -0.646.